The molecule has 3 rings (SSSR count). The molecule has 2 aromatic rings. The second-order valence-electron chi connectivity index (χ2n) is 7.04. The smallest absolute Gasteiger partial charge is 0.315 e. The maximum absolute atomic E-state index is 12.8. The van der Waals surface area contributed by atoms with Gasteiger partial charge in [0.05, 0.1) is 6.04 Å². The van der Waals surface area contributed by atoms with Gasteiger partial charge in [0, 0.05) is 12.2 Å². The van der Waals surface area contributed by atoms with Crippen LogP contribution < -0.4 is 15.5 Å². The molecule has 0 aromatic heterocycles. The molecule has 5 heteroatoms. The van der Waals surface area contributed by atoms with Gasteiger partial charge in [0.25, 0.3) is 5.91 Å². The van der Waals surface area contributed by atoms with E-state index in [1.807, 2.05) is 73.7 Å². The zero-order valence-electron chi connectivity index (χ0n) is 16.4. The molecule has 2 aromatic carbocycles. The standard InChI is InChI=1S/C23H27N3O2/c1-3-4-16-24-23(28)25-21-20(15-12-18-8-6-5-7-9-18)26(22(21)27)19-13-10-17(2)11-14-19/h5-15,20-21H,3-4,16H2,1-2H3,(H2,24,25,28)/b15-12+/t20-,21+/m0/s1. The van der Waals surface area contributed by atoms with Crippen molar-refractivity contribution in [3.05, 3.63) is 71.8 Å². The van der Waals surface area contributed by atoms with Crippen LogP contribution in [0.2, 0.25) is 0 Å². The number of anilines is 1. The zero-order valence-corrected chi connectivity index (χ0v) is 16.4. The Morgan fingerprint density at radius 1 is 1.11 bits per heavy atom. The minimum Gasteiger partial charge on any atom is -0.338 e. The topological polar surface area (TPSA) is 61.4 Å². The molecule has 1 heterocycles. The minimum absolute atomic E-state index is 0.0998. The molecule has 5 nitrogen and oxygen atoms in total. The van der Waals surface area contributed by atoms with E-state index in [1.165, 1.54) is 0 Å². The number of benzene rings is 2. The predicted molar refractivity (Wildman–Crippen MR) is 113 cm³/mol. The zero-order chi connectivity index (χ0) is 19.9. The van der Waals surface area contributed by atoms with Gasteiger partial charge in [0.15, 0.2) is 0 Å². The van der Waals surface area contributed by atoms with Crippen LogP contribution >= 0.6 is 0 Å². The van der Waals surface area contributed by atoms with Gasteiger partial charge < -0.3 is 15.5 Å². The number of hydrogen-bond acceptors (Lipinski definition) is 2. The van der Waals surface area contributed by atoms with Crippen molar-refractivity contribution in [1.29, 1.82) is 0 Å². The van der Waals surface area contributed by atoms with Crippen LogP contribution in [0.3, 0.4) is 0 Å². The predicted octanol–water partition coefficient (Wildman–Crippen LogP) is 3.89. The Balaban J connectivity index is 1.76. The molecule has 1 fully saturated rings. The van der Waals surface area contributed by atoms with Crippen molar-refractivity contribution in [2.75, 3.05) is 11.4 Å². The van der Waals surface area contributed by atoms with Crippen LogP contribution in [0.5, 0.6) is 0 Å². The number of unbranched alkanes of at least 4 members (excludes halogenated alkanes) is 1. The van der Waals surface area contributed by atoms with Gasteiger partial charge in [-0.1, -0.05) is 73.5 Å². The highest BCUT2D eigenvalue weighted by Crippen LogP contribution is 2.30. The number of rotatable bonds is 7. The number of urea groups is 1. The monoisotopic (exact) mass is 377 g/mol. The number of hydrogen-bond donors (Lipinski definition) is 2. The van der Waals surface area contributed by atoms with Crippen molar-refractivity contribution in [2.45, 2.75) is 38.8 Å². The Labute approximate surface area is 166 Å². The van der Waals surface area contributed by atoms with Crippen molar-refractivity contribution < 1.29 is 9.59 Å². The fourth-order valence-corrected chi connectivity index (χ4v) is 3.20. The van der Waals surface area contributed by atoms with E-state index in [0.29, 0.717) is 6.54 Å². The Kier molecular flexibility index (Phi) is 6.48. The molecule has 0 unspecified atom stereocenters. The summed E-state index contributed by atoms with van der Waals surface area (Å²) >= 11 is 0. The van der Waals surface area contributed by atoms with Crippen molar-refractivity contribution >= 4 is 23.7 Å². The SMILES string of the molecule is CCCCNC(=O)N[C@H]1C(=O)N(c2ccc(C)cc2)[C@H]1/C=C/c1ccccc1. The van der Waals surface area contributed by atoms with Gasteiger partial charge >= 0.3 is 6.03 Å². The van der Waals surface area contributed by atoms with Gasteiger partial charge in [-0.25, -0.2) is 4.79 Å². The highest BCUT2D eigenvalue weighted by atomic mass is 16.2. The summed E-state index contributed by atoms with van der Waals surface area (Å²) in [5.41, 5.74) is 3.03. The summed E-state index contributed by atoms with van der Waals surface area (Å²) < 4.78 is 0. The van der Waals surface area contributed by atoms with Gasteiger partial charge in [-0.3, -0.25) is 4.79 Å². The van der Waals surface area contributed by atoms with Crippen LogP contribution in [0.25, 0.3) is 6.08 Å². The van der Waals surface area contributed by atoms with Crippen LogP contribution in [-0.2, 0) is 4.79 Å². The van der Waals surface area contributed by atoms with Gasteiger partial charge in [-0.05, 0) is 31.0 Å². The number of carbonyl (C=O) groups is 2. The lowest BCUT2D eigenvalue weighted by Gasteiger charge is -2.45. The summed E-state index contributed by atoms with van der Waals surface area (Å²) in [7, 11) is 0. The third-order valence-corrected chi connectivity index (χ3v) is 4.84. The molecule has 3 amide bonds. The van der Waals surface area contributed by atoms with Crippen molar-refractivity contribution in [2.24, 2.45) is 0 Å². The number of nitrogens with zero attached hydrogens (tertiary/aromatic N) is 1. The molecule has 1 aliphatic heterocycles. The Hall–Kier alpha value is -3.08. The lowest BCUT2D eigenvalue weighted by Crippen LogP contribution is -2.71. The fourth-order valence-electron chi connectivity index (χ4n) is 3.20. The second kappa shape index (κ2) is 9.22. The number of β-lactam (4-membered cyclic amide) rings is 1. The lowest BCUT2D eigenvalue weighted by atomic mass is 9.92. The van der Waals surface area contributed by atoms with E-state index in [1.54, 1.807) is 4.90 Å². The van der Waals surface area contributed by atoms with Crippen LogP contribution in [-0.4, -0.2) is 30.6 Å². The summed E-state index contributed by atoms with van der Waals surface area (Å²) in [5.74, 6) is -0.0998. The molecule has 0 aliphatic carbocycles. The summed E-state index contributed by atoms with van der Waals surface area (Å²) in [6.45, 7) is 4.69. The first-order valence-corrected chi connectivity index (χ1v) is 9.77. The molecular weight excluding hydrogens is 350 g/mol. The summed E-state index contributed by atoms with van der Waals surface area (Å²) in [4.78, 5) is 26.7. The third kappa shape index (κ3) is 4.60. The average Bonchev–Trinajstić information content (AvgIpc) is 2.71. The molecule has 0 radical (unpaired) electrons. The van der Waals surface area contributed by atoms with Gasteiger partial charge in [-0.2, -0.15) is 0 Å². The first kappa shape index (κ1) is 19.7. The maximum atomic E-state index is 12.8. The molecule has 146 valence electrons. The van der Waals surface area contributed by atoms with E-state index in [0.717, 1.165) is 29.7 Å². The normalized spacial score (nSPS) is 18.8. The van der Waals surface area contributed by atoms with Gasteiger partial charge in [0.1, 0.15) is 6.04 Å². The van der Waals surface area contributed by atoms with Crippen LogP contribution in [0.1, 0.15) is 30.9 Å². The second-order valence-corrected chi connectivity index (χ2v) is 7.04. The van der Waals surface area contributed by atoms with E-state index >= 15 is 0 Å². The Bertz CT molecular complexity index is 831. The quantitative estimate of drug-likeness (QED) is 0.568. The third-order valence-electron chi connectivity index (χ3n) is 4.84. The summed E-state index contributed by atoms with van der Waals surface area (Å²) in [5, 5.41) is 5.64. The Morgan fingerprint density at radius 2 is 1.82 bits per heavy atom. The van der Waals surface area contributed by atoms with Crippen LogP contribution in [0.4, 0.5) is 10.5 Å². The molecule has 2 atom stereocenters. The molecule has 2 N–H and O–H groups in total. The summed E-state index contributed by atoms with van der Waals surface area (Å²) in [6, 6.07) is 16.7. The largest absolute Gasteiger partial charge is 0.338 e. The van der Waals surface area contributed by atoms with E-state index in [2.05, 4.69) is 17.6 Å². The van der Waals surface area contributed by atoms with E-state index in [4.69, 9.17) is 0 Å². The van der Waals surface area contributed by atoms with Gasteiger partial charge in [0.2, 0.25) is 0 Å². The van der Waals surface area contributed by atoms with Gasteiger partial charge in [-0.15, -0.1) is 0 Å². The molecule has 0 spiro atoms. The molecule has 0 saturated carbocycles. The van der Waals surface area contributed by atoms with Crippen molar-refractivity contribution in [1.82, 2.24) is 10.6 Å². The summed E-state index contributed by atoms with van der Waals surface area (Å²) in [6.07, 6.45) is 5.89. The molecule has 1 saturated heterocycles. The van der Waals surface area contributed by atoms with Crippen LogP contribution in [0, 0.1) is 6.92 Å². The number of nitrogens with one attached hydrogen (secondary N) is 2. The van der Waals surface area contributed by atoms with Crippen molar-refractivity contribution in [3.63, 3.8) is 0 Å². The molecule has 28 heavy (non-hydrogen) atoms. The first-order valence-electron chi connectivity index (χ1n) is 9.77. The molecule has 0 bridgehead atoms. The molecule has 1 aliphatic rings. The highest BCUT2D eigenvalue weighted by Gasteiger charge is 2.47. The lowest BCUT2D eigenvalue weighted by molar-refractivity contribution is -0.125. The van der Waals surface area contributed by atoms with Crippen LogP contribution in [0.15, 0.2) is 60.7 Å². The first-order chi connectivity index (χ1) is 13.6. The fraction of sp³-hybridized carbons (Fsp3) is 0.304. The average molecular weight is 377 g/mol. The van der Waals surface area contributed by atoms with E-state index < -0.39 is 6.04 Å². The number of aryl methyl sites for hydroxylation is 1. The Morgan fingerprint density at radius 3 is 2.50 bits per heavy atom. The maximum Gasteiger partial charge on any atom is 0.315 e. The highest BCUT2D eigenvalue weighted by molar-refractivity contribution is 6.08. The van der Waals surface area contributed by atoms with E-state index in [-0.39, 0.29) is 18.0 Å². The minimum atomic E-state index is -0.567. The van der Waals surface area contributed by atoms with E-state index in [9.17, 15) is 9.59 Å². The van der Waals surface area contributed by atoms with Crippen molar-refractivity contribution in [3.8, 4) is 0 Å². The number of carbonyl (C=O) groups excluding carboxylic acids is 2. The number of amides is 3. The molecular formula is C23H27N3O2.